The van der Waals surface area contributed by atoms with Crippen molar-refractivity contribution in [3.05, 3.63) is 29.8 Å². The number of likely N-dealkylation sites (tertiary alicyclic amines) is 1. The number of urea groups is 1. The molecule has 1 aliphatic heterocycles. The van der Waals surface area contributed by atoms with Crippen LogP contribution in [0.25, 0.3) is 0 Å². The van der Waals surface area contributed by atoms with E-state index in [1.54, 1.807) is 12.1 Å². The lowest BCUT2D eigenvalue weighted by molar-refractivity contribution is -0.135. The van der Waals surface area contributed by atoms with Crippen LogP contribution in [0.3, 0.4) is 0 Å². The molecule has 1 aromatic rings. The third kappa shape index (κ3) is 3.27. The molecule has 1 aromatic carbocycles. The van der Waals surface area contributed by atoms with Crippen LogP contribution in [0, 0.1) is 6.92 Å². The zero-order chi connectivity index (χ0) is 14.7. The number of aliphatic hydroxyl groups excluding tert-OH is 1. The van der Waals surface area contributed by atoms with Crippen LogP contribution in [-0.4, -0.2) is 52.9 Å². The molecule has 2 N–H and O–H groups in total. The normalized spacial score (nSPS) is 18.1. The van der Waals surface area contributed by atoms with Gasteiger partial charge in [-0.25, -0.2) is 4.79 Å². The summed E-state index contributed by atoms with van der Waals surface area (Å²) in [7, 11) is 0. The minimum atomic E-state index is -1.07. The van der Waals surface area contributed by atoms with Crippen molar-refractivity contribution < 1.29 is 19.8 Å². The van der Waals surface area contributed by atoms with Crippen LogP contribution in [-0.2, 0) is 4.79 Å². The molecule has 1 saturated heterocycles. The zero-order valence-corrected chi connectivity index (χ0v) is 11.3. The van der Waals surface area contributed by atoms with Crippen LogP contribution >= 0.6 is 0 Å². The number of nitrogens with zero attached hydrogens (tertiary/aromatic N) is 2. The minimum absolute atomic E-state index is 0.251. The van der Waals surface area contributed by atoms with E-state index in [4.69, 9.17) is 5.11 Å². The van der Waals surface area contributed by atoms with Crippen molar-refractivity contribution in [3.8, 4) is 0 Å². The maximum atomic E-state index is 12.4. The summed E-state index contributed by atoms with van der Waals surface area (Å²) in [5, 5.41) is 18.5. The van der Waals surface area contributed by atoms with E-state index >= 15 is 0 Å². The number of carbonyl (C=O) groups excluding carboxylic acids is 1. The molecule has 20 heavy (non-hydrogen) atoms. The topological polar surface area (TPSA) is 81.1 Å². The Morgan fingerprint density at radius 1 is 1.35 bits per heavy atom. The van der Waals surface area contributed by atoms with Gasteiger partial charge in [0.1, 0.15) is 6.54 Å². The Morgan fingerprint density at radius 2 is 2.00 bits per heavy atom. The van der Waals surface area contributed by atoms with Gasteiger partial charge in [0, 0.05) is 18.8 Å². The van der Waals surface area contributed by atoms with Gasteiger partial charge in [0.25, 0.3) is 0 Å². The van der Waals surface area contributed by atoms with E-state index in [1.165, 1.54) is 9.80 Å². The maximum Gasteiger partial charge on any atom is 0.325 e. The highest BCUT2D eigenvalue weighted by Crippen LogP contribution is 2.19. The number of rotatable bonds is 3. The SMILES string of the molecule is Cc1ccc(N(CC(=O)O)C(=O)N2CCC(O)C2)cc1. The molecule has 0 radical (unpaired) electrons. The Bertz CT molecular complexity index is 500. The predicted molar refractivity (Wildman–Crippen MR) is 73.8 cm³/mol. The van der Waals surface area contributed by atoms with E-state index in [-0.39, 0.29) is 12.6 Å². The highest BCUT2D eigenvalue weighted by molar-refractivity contribution is 5.96. The van der Waals surface area contributed by atoms with E-state index in [0.29, 0.717) is 18.7 Å². The Morgan fingerprint density at radius 3 is 2.50 bits per heavy atom. The fourth-order valence-corrected chi connectivity index (χ4v) is 2.22. The molecule has 0 spiro atoms. The number of hydrogen-bond donors (Lipinski definition) is 2. The third-order valence-electron chi connectivity index (χ3n) is 3.30. The summed E-state index contributed by atoms with van der Waals surface area (Å²) in [4.78, 5) is 26.1. The van der Waals surface area contributed by atoms with Crippen LogP contribution in [0.5, 0.6) is 0 Å². The fourth-order valence-electron chi connectivity index (χ4n) is 2.22. The second kappa shape index (κ2) is 5.92. The summed E-state index contributed by atoms with van der Waals surface area (Å²) in [6.45, 7) is 2.22. The number of amides is 2. The van der Waals surface area contributed by atoms with Gasteiger partial charge in [0.15, 0.2) is 0 Å². The van der Waals surface area contributed by atoms with Crippen molar-refractivity contribution in [1.29, 1.82) is 0 Å². The Labute approximate surface area is 117 Å². The smallest absolute Gasteiger partial charge is 0.325 e. The molecule has 0 saturated carbocycles. The maximum absolute atomic E-state index is 12.4. The number of β-amino-alcohol motifs (C(OH)–C–C–N with tert-alkyl or cyclic N) is 1. The first-order chi connectivity index (χ1) is 9.47. The quantitative estimate of drug-likeness (QED) is 0.866. The molecule has 0 bridgehead atoms. The number of carboxylic acids is 1. The van der Waals surface area contributed by atoms with Crippen molar-refractivity contribution in [3.63, 3.8) is 0 Å². The lowest BCUT2D eigenvalue weighted by Gasteiger charge is -2.26. The minimum Gasteiger partial charge on any atom is -0.480 e. The monoisotopic (exact) mass is 278 g/mol. The first-order valence-corrected chi connectivity index (χ1v) is 6.50. The molecule has 1 unspecified atom stereocenters. The van der Waals surface area contributed by atoms with Crippen LogP contribution in [0.4, 0.5) is 10.5 Å². The van der Waals surface area contributed by atoms with Crippen LogP contribution in [0.1, 0.15) is 12.0 Å². The molecule has 6 heteroatoms. The molecular formula is C14H18N2O4. The van der Waals surface area contributed by atoms with Gasteiger partial charge >= 0.3 is 12.0 Å². The first-order valence-electron chi connectivity index (χ1n) is 6.50. The number of aryl methyl sites for hydroxylation is 1. The summed E-state index contributed by atoms with van der Waals surface area (Å²) in [6.07, 6.45) is 0.00392. The zero-order valence-electron chi connectivity index (χ0n) is 11.3. The van der Waals surface area contributed by atoms with Gasteiger partial charge in [0.2, 0.25) is 0 Å². The second-order valence-corrected chi connectivity index (χ2v) is 4.99. The van der Waals surface area contributed by atoms with Gasteiger partial charge < -0.3 is 15.1 Å². The van der Waals surface area contributed by atoms with Gasteiger partial charge in [-0.3, -0.25) is 9.69 Å². The van der Waals surface area contributed by atoms with Crippen LogP contribution in [0.2, 0.25) is 0 Å². The third-order valence-corrected chi connectivity index (χ3v) is 3.30. The molecule has 1 aliphatic rings. The molecule has 1 fully saturated rings. The number of aliphatic carboxylic acids is 1. The summed E-state index contributed by atoms with van der Waals surface area (Å²) < 4.78 is 0. The highest BCUT2D eigenvalue weighted by atomic mass is 16.4. The van der Waals surface area contributed by atoms with E-state index in [1.807, 2.05) is 19.1 Å². The highest BCUT2D eigenvalue weighted by Gasteiger charge is 2.29. The van der Waals surface area contributed by atoms with Crippen molar-refractivity contribution in [2.75, 3.05) is 24.5 Å². The number of hydrogen-bond acceptors (Lipinski definition) is 3. The summed E-state index contributed by atoms with van der Waals surface area (Å²) >= 11 is 0. The van der Waals surface area contributed by atoms with E-state index in [0.717, 1.165) is 5.56 Å². The molecule has 0 aliphatic carbocycles. The first kappa shape index (κ1) is 14.3. The summed E-state index contributed by atoms with van der Waals surface area (Å²) in [6, 6.07) is 6.73. The Hall–Kier alpha value is -2.08. The standard InChI is InChI=1S/C14H18N2O4/c1-10-2-4-11(5-3-10)16(9-13(18)19)14(20)15-7-6-12(17)8-15/h2-5,12,17H,6-9H2,1H3,(H,18,19). The lowest BCUT2D eigenvalue weighted by Crippen LogP contribution is -2.45. The van der Waals surface area contributed by atoms with Crippen molar-refractivity contribution in [2.24, 2.45) is 0 Å². The Kier molecular flexibility index (Phi) is 4.24. The largest absolute Gasteiger partial charge is 0.480 e. The average Bonchev–Trinajstić information content (AvgIpc) is 2.83. The van der Waals surface area contributed by atoms with Crippen molar-refractivity contribution in [2.45, 2.75) is 19.4 Å². The molecule has 6 nitrogen and oxygen atoms in total. The van der Waals surface area contributed by atoms with Gasteiger partial charge in [-0.05, 0) is 25.5 Å². The molecule has 1 atom stereocenters. The van der Waals surface area contributed by atoms with Gasteiger partial charge in [-0.1, -0.05) is 17.7 Å². The van der Waals surface area contributed by atoms with Crippen molar-refractivity contribution in [1.82, 2.24) is 4.90 Å². The number of aliphatic hydroxyl groups is 1. The molecular weight excluding hydrogens is 260 g/mol. The molecule has 2 amide bonds. The van der Waals surface area contributed by atoms with Crippen LogP contribution < -0.4 is 4.90 Å². The Balaban J connectivity index is 2.20. The van der Waals surface area contributed by atoms with E-state index < -0.39 is 18.6 Å². The average molecular weight is 278 g/mol. The number of carbonyl (C=O) groups is 2. The van der Waals surface area contributed by atoms with Crippen molar-refractivity contribution >= 4 is 17.7 Å². The van der Waals surface area contributed by atoms with E-state index in [9.17, 15) is 14.7 Å². The van der Waals surface area contributed by atoms with E-state index in [2.05, 4.69) is 0 Å². The van der Waals surface area contributed by atoms with Gasteiger partial charge in [-0.15, -0.1) is 0 Å². The fraction of sp³-hybridized carbons (Fsp3) is 0.429. The van der Waals surface area contributed by atoms with Crippen LogP contribution in [0.15, 0.2) is 24.3 Å². The molecule has 108 valence electrons. The van der Waals surface area contributed by atoms with Gasteiger partial charge in [-0.2, -0.15) is 0 Å². The summed E-state index contributed by atoms with van der Waals surface area (Å²) in [5.41, 5.74) is 1.58. The molecule has 0 aromatic heterocycles. The number of anilines is 1. The molecule has 2 rings (SSSR count). The van der Waals surface area contributed by atoms with Gasteiger partial charge in [0.05, 0.1) is 6.10 Å². The lowest BCUT2D eigenvalue weighted by atomic mass is 10.2. The molecule has 1 heterocycles. The number of benzene rings is 1. The number of carboxylic acid groups (broad SMARTS) is 1. The summed E-state index contributed by atoms with van der Waals surface area (Å²) in [5.74, 6) is -1.07. The predicted octanol–water partition coefficient (Wildman–Crippen LogP) is 1.07. The second-order valence-electron chi connectivity index (χ2n) is 4.99.